The number of nitrogens with one attached hydrogen (secondary N) is 2. The van der Waals surface area contributed by atoms with Gasteiger partial charge in [-0.3, -0.25) is 4.79 Å². The number of amides is 1. The Bertz CT molecular complexity index is 530. The summed E-state index contributed by atoms with van der Waals surface area (Å²) in [5.74, 6) is -0.338. The van der Waals surface area contributed by atoms with Crippen molar-refractivity contribution in [3.05, 3.63) is 0 Å². The molecule has 0 aromatic carbocycles. The molecule has 0 aliphatic heterocycles. The van der Waals surface area contributed by atoms with Crippen LogP contribution in [0.5, 0.6) is 0 Å². The standard InChI is InChI=1S/C9H17N5O4S2/c1-7(15)12-8-13-14-9(19-8)20(16,17)11-4-2-5-18-6-3-10/h11H,2-6,10H2,1H3,(H,12,13,15). The van der Waals surface area contributed by atoms with E-state index in [1.807, 2.05) is 0 Å². The van der Waals surface area contributed by atoms with Gasteiger partial charge in [-0.15, -0.1) is 10.2 Å². The summed E-state index contributed by atoms with van der Waals surface area (Å²) in [5.41, 5.74) is 5.24. The van der Waals surface area contributed by atoms with Gasteiger partial charge in [0.2, 0.25) is 15.4 Å². The highest BCUT2D eigenvalue weighted by molar-refractivity contribution is 7.91. The molecule has 0 saturated heterocycles. The normalized spacial score (nSPS) is 11.5. The molecule has 0 atom stereocenters. The van der Waals surface area contributed by atoms with E-state index in [-0.39, 0.29) is 21.9 Å². The summed E-state index contributed by atoms with van der Waals surface area (Å²) in [6.07, 6.45) is 0.524. The van der Waals surface area contributed by atoms with Crippen LogP contribution in [0.15, 0.2) is 4.34 Å². The second kappa shape index (κ2) is 8.21. The Labute approximate surface area is 121 Å². The zero-order chi connectivity index (χ0) is 15.0. The molecule has 0 unspecified atom stereocenters. The number of aromatic nitrogens is 2. The van der Waals surface area contributed by atoms with Gasteiger partial charge in [0.05, 0.1) is 6.61 Å². The third-order valence-electron chi connectivity index (χ3n) is 1.94. The van der Waals surface area contributed by atoms with E-state index in [9.17, 15) is 13.2 Å². The van der Waals surface area contributed by atoms with Gasteiger partial charge >= 0.3 is 0 Å². The summed E-state index contributed by atoms with van der Waals surface area (Å²) < 4.78 is 31.0. The van der Waals surface area contributed by atoms with Crippen molar-refractivity contribution < 1.29 is 17.9 Å². The van der Waals surface area contributed by atoms with E-state index < -0.39 is 10.0 Å². The first kappa shape index (κ1) is 16.9. The van der Waals surface area contributed by atoms with Crippen molar-refractivity contribution in [2.24, 2.45) is 5.73 Å². The summed E-state index contributed by atoms with van der Waals surface area (Å²) >= 11 is 0.788. The highest BCUT2D eigenvalue weighted by atomic mass is 32.2. The SMILES string of the molecule is CC(=O)Nc1nnc(S(=O)(=O)NCCCOCCN)s1. The summed E-state index contributed by atoms with van der Waals surface area (Å²) in [6, 6.07) is 0. The maximum absolute atomic E-state index is 11.8. The van der Waals surface area contributed by atoms with E-state index in [0.717, 1.165) is 11.3 Å². The van der Waals surface area contributed by atoms with Gasteiger partial charge in [0.15, 0.2) is 0 Å². The number of anilines is 1. The molecule has 0 bridgehead atoms. The molecule has 4 N–H and O–H groups in total. The first-order valence-corrected chi connectivity index (χ1v) is 8.14. The van der Waals surface area contributed by atoms with Crippen molar-refractivity contribution in [2.75, 3.05) is 31.6 Å². The topological polar surface area (TPSA) is 136 Å². The average molecular weight is 323 g/mol. The number of sulfonamides is 1. The molecule has 1 aromatic heterocycles. The highest BCUT2D eigenvalue weighted by Crippen LogP contribution is 2.19. The molecule has 0 fully saturated rings. The Morgan fingerprint density at radius 2 is 2.15 bits per heavy atom. The maximum atomic E-state index is 11.8. The van der Waals surface area contributed by atoms with Crippen LogP contribution < -0.4 is 15.8 Å². The quantitative estimate of drug-likeness (QED) is 0.397. The van der Waals surface area contributed by atoms with Crippen LogP contribution in [0.2, 0.25) is 0 Å². The van der Waals surface area contributed by atoms with Gasteiger partial charge in [0.1, 0.15) is 0 Å². The van der Waals surface area contributed by atoms with Crippen molar-refractivity contribution in [3.8, 4) is 0 Å². The lowest BCUT2D eigenvalue weighted by Crippen LogP contribution is -2.25. The highest BCUT2D eigenvalue weighted by Gasteiger charge is 2.19. The molecule has 0 radical (unpaired) electrons. The summed E-state index contributed by atoms with van der Waals surface area (Å²) in [4.78, 5) is 10.8. The number of carbonyl (C=O) groups is 1. The molecular formula is C9H17N5O4S2. The Kier molecular flexibility index (Phi) is 6.95. The molecule has 1 aromatic rings. The molecule has 114 valence electrons. The van der Waals surface area contributed by atoms with Crippen LogP contribution in [0.1, 0.15) is 13.3 Å². The Morgan fingerprint density at radius 3 is 2.80 bits per heavy atom. The molecule has 1 amide bonds. The number of ether oxygens (including phenoxy) is 1. The molecule has 1 heterocycles. The van der Waals surface area contributed by atoms with Crippen molar-refractivity contribution in [3.63, 3.8) is 0 Å². The minimum atomic E-state index is -3.70. The third kappa shape index (κ3) is 5.88. The van der Waals surface area contributed by atoms with Gasteiger partial charge in [-0.2, -0.15) is 0 Å². The van der Waals surface area contributed by atoms with Crippen LogP contribution in [-0.2, 0) is 19.6 Å². The lowest BCUT2D eigenvalue weighted by molar-refractivity contribution is -0.114. The van der Waals surface area contributed by atoms with Gasteiger partial charge in [0, 0.05) is 26.6 Å². The fraction of sp³-hybridized carbons (Fsp3) is 0.667. The van der Waals surface area contributed by atoms with Crippen molar-refractivity contribution in [2.45, 2.75) is 17.7 Å². The van der Waals surface area contributed by atoms with Crippen molar-refractivity contribution in [1.29, 1.82) is 0 Å². The minimum absolute atomic E-state index is 0.143. The zero-order valence-electron chi connectivity index (χ0n) is 11.0. The van der Waals surface area contributed by atoms with Crippen LogP contribution in [0.4, 0.5) is 5.13 Å². The smallest absolute Gasteiger partial charge is 0.269 e. The van der Waals surface area contributed by atoms with Gasteiger partial charge in [-0.1, -0.05) is 11.3 Å². The summed E-state index contributed by atoms with van der Waals surface area (Å²) in [6.45, 7) is 2.83. The Morgan fingerprint density at radius 1 is 1.40 bits per heavy atom. The number of hydrogen-bond donors (Lipinski definition) is 3. The van der Waals surface area contributed by atoms with E-state index in [4.69, 9.17) is 10.5 Å². The molecule has 0 aliphatic rings. The predicted molar refractivity (Wildman–Crippen MR) is 73.9 cm³/mol. The largest absolute Gasteiger partial charge is 0.380 e. The number of hydrogen-bond acceptors (Lipinski definition) is 8. The van der Waals surface area contributed by atoms with Crippen molar-refractivity contribution >= 4 is 32.4 Å². The zero-order valence-corrected chi connectivity index (χ0v) is 12.6. The van der Waals surface area contributed by atoms with Crippen LogP contribution in [0.25, 0.3) is 0 Å². The summed E-state index contributed by atoms with van der Waals surface area (Å²) in [5, 5.41) is 9.61. The number of nitrogens with zero attached hydrogens (tertiary/aromatic N) is 2. The van der Waals surface area contributed by atoms with Gasteiger partial charge < -0.3 is 15.8 Å². The monoisotopic (exact) mass is 323 g/mol. The first-order chi connectivity index (χ1) is 9.45. The molecule has 11 heteroatoms. The van der Waals surface area contributed by atoms with Gasteiger partial charge in [0.25, 0.3) is 10.0 Å². The van der Waals surface area contributed by atoms with Gasteiger partial charge in [-0.05, 0) is 6.42 Å². The fourth-order valence-corrected chi connectivity index (χ4v) is 3.21. The molecular weight excluding hydrogens is 306 g/mol. The van der Waals surface area contributed by atoms with Crippen LogP contribution >= 0.6 is 11.3 Å². The van der Waals surface area contributed by atoms with Crippen molar-refractivity contribution in [1.82, 2.24) is 14.9 Å². The fourth-order valence-electron chi connectivity index (χ4n) is 1.15. The number of carbonyl (C=O) groups excluding carboxylic acids is 1. The van der Waals surface area contributed by atoms with E-state index in [2.05, 4.69) is 20.2 Å². The summed E-state index contributed by atoms with van der Waals surface area (Å²) in [7, 11) is -3.70. The van der Waals surface area contributed by atoms with Gasteiger partial charge in [-0.25, -0.2) is 13.1 Å². The lowest BCUT2D eigenvalue weighted by atomic mass is 10.5. The Hall–Kier alpha value is -1.14. The average Bonchev–Trinajstić information content (AvgIpc) is 2.82. The van der Waals surface area contributed by atoms with E-state index in [1.54, 1.807) is 0 Å². The van der Waals surface area contributed by atoms with E-state index in [1.165, 1.54) is 6.92 Å². The van der Waals surface area contributed by atoms with Crippen LogP contribution in [0.3, 0.4) is 0 Å². The maximum Gasteiger partial charge on any atom is 0.269 e. The second-order valence-electron chi connectivity index (χ2n) is 3.71. The van der Waals surface area contributed by atoms with E-state index >= 15 is 0 Å². The molecule has 20 heavy (non-hydrogen) atoms. The van der Waals surface area contributed by atoms with E-state index in [0.29, 0.717) is 26.2 Å². The number of rotatable bonds is 9. The molecule has 0 saturated carbocycles. The third-order valence-corrected chi connectivity index (χ3v) is 4.61. The number of nitrogens with two attached hydrogens (primary N) is 1. The molecule has 1 rings (SSSR count). The predicted octanol–water partition coefficient (Wildman–Crippen LogP) is -0.860. The molecule has 0 spiro atoms. The van der Waals surface area contributed by atoms with Crippen LogP contribution in [-0.4, -0.2) is 50.8 Å². The lowest BCUT2D eigenvalue weighted by Gasteiger charge is -2.04. The van der Waals surface area contributed by atoms with Crippen LogP contribution in [0, 0.1) is 0 Å². The second-order valence-corrected chi connectivity index (χ2v) is 6.62. The Balaban J connectivity index is 2.43. The molecule has 9 nitrogen and oxygen atoms in total. The molecule has 0 aliphatic carbocycles. The minimum Gasteiger partial charge on any atom is -0.380 e. The first-order valence-electron chi connectivity index (χ1n) is 5.84.